The van der Waals surface area contributed by atoms with Gasteiger partial charge in [0, 0.05) is 75.3 Å². The fourth-order valence-electron chi connectivity index (χ4n) is 5.92. The van der Waals surface area contributed by atoms with E-state index in [1.165, 1.54) is 49.7 Å². The number of aryl methyl sites for hydroxylation is 1. The van der Waals surface area contributed by atoms with Gasteiger partial charge in [0.1, 0.15) is 5.82 Å². The predicted octanol–water partition coefficient (Wildman–Crippen LogP) is 5.20. The van der Waals surface area contributed by atoms with Crippen LogP contribution in [0.5, 0.6) is 0 Å². The molecule has 11 heteroatoms. The van der Waals surface area contributed by atoms with Crippen molar-refractivity contribution in [3.05, 3.63) is 53.1 Å². The Labute approximate surface area is 252 Å². The molecule has 0 radical (unpaired) electrons. The molecule has 2 aliphatic rings. The summed E-state index contributed by atoms with van der Waals surface area (Å²) in [4.78, 5) is 16.9. The lowest BCUT2D eigenvalue weighted by molar-refractivity contribution is 0.0981. The van der Waals surface area contributed by atoms with Crippen LogP contribution in [0.15, 0.2) is 53.1 Å². The van der Waals surface area contributed by atoms with Gasteiger partial charge in [0.2, 0.25) is 5.95 Å². The van der Waals surface area contributed by atoms with Crippen molar-refractivity contribution in [1.29, 1.82) is 0 Å². The smallest absolute Gasteiger partial charge is 0.229 e. The number of anilines is 5. The second-order valence-electron chi connectivity index (χ2n) is 11.3. The van der Waals surface area contributed by atoms with Gasteiger partial charge in [-0.1, -0.05) is 26.1 Å². The fraction of sp³-hybridized carbons (Fsp3) is 0.433. The van der Waals surface area contributed by atoms with Crippen LogP contribution < -0.4 is 20.8 Å². The van der Waals surface area contributed by atoms with E-state index < -0.39 is 0 Å². The summed E-state index contributed by atoms with van der Waals surface area (Å²) < 4.78 is 2.81. The number of piperazine rings is 1. The van der Waals surface area contributed by atoms with Crippen molar-refractivity contribution in [3.63, 3.8) is 0 Å². The topological polar surface area (TPSA) is 77.4 Å². The van der Waals surface area contributed by atoms with E-state index >= 15 is 0 Å². The van der Waals surface area contributed by atoms with Crippen molar-refractivity contribution in [2.24, 2.45) is 7.05 Å². The summed E-state index contributed by atoms with van der Waals surface area (Å²) in [5.74, 6) is 2.36. The molecule has 0 aliphatic carbocycles. The SMILES string of the molecule is CN1CCN(C2CCN(c3nn(C)c4cc(Nc5ncc(Br)c(Nc6ccccc6P(C)C)n5)ccc34)CC2)CC1. The first-order valence-corrected chi connectivity index (χ1v) is 17.4. The molecule has 2 aliphatic heterocycles. The van der Waals surface area contributed by atoms with Crippen LogP contribution in [0.3, 0.4) is 0 Å². The summed E-state index contributed by atoms with van der Waals surface area (Å²) in [5, 5.41) is 14.4. The molecule has 216 valence electrons. The van der Waals surface area contributed by atoms with E-state index in [1.807, 2.05) is 17.8 Å². The van der Waals surface area contributed by atoms with E-state index in [4.69, 9.17) is 10.1 Å². The van der Waals surface area contributed by atoms with E-state index in [0.29, 0.717) is 12.0 Å². The largest absolute Gasteiger partial charge is 0.355 e. The number of halogens is 1. The van der Waals surface area contributed by atoms with Gasteiger partial charge in [0.25, 0.3) is 0 Å². The highest BCUT2D eigenvalue weighted by molar-refractivity contribution is 9.10. The minimum absolute atomic E-state index is 0.252. The molecule has 0 unspecified atom stereocenters. The lowest BCUT2D eigenvalue weighted by Crippen LogP contribution is -2.52. The molecule has 9 nitrogen and oxygen atoms in total. The number of hydrogen-bond acceptors (Lipinski definition) is 8. The lowest BCUT2D eigenvalue weighted by atomic mass is 10.0. The normalized spacial score (nSPS) is 17.5. The Morgan fingerprint density at radius 2 is 1.68 bits per heavy atom. The molecular weight excluding hydrogens is 597 g/mol. The fourth-order valence-corrected chi connectivity index (χ4v) is 7.21. The highest BCUT2D eigenvalue weighted by Gasteiger charge is 2.28. The van der Waals surface area contributed by atoms with Crippen LogP contribution in [0.25, 0.3) is 10.9 Å². The Bertz CT molecular complexity index is 1510. The van der Waals surface area contributed by atoms with Gasteiger partial charge in [-0.15, -0.1) is 0 Å². The molecule has 0 spiro atoms. The number of nitrogens with one attached hydrogen (secondary N) is 2. The zero-order valence-corrected chi connectivity index (χ0v) is 26.8. The van der Waals surface area contributed by atoms with Crippen molar-refractivity contribution >= 4 is 69.0 Å². The number of benzene rings is 2. The quantitative estimate of drug-likeness (QED) is 0.269. The molecular formula is C30H39BrN9P. The van der Waals surface area contributed by atoms with Gasteiger partial charge in [0.05, 0.1) is 9.99 Å². The van der Waals surface area contributed by atoms with E-state index in [9.17, 15) is 0 Å². The van der Waals surface area contributed by atoms with E-state index in [1.54, 1.807) is 6.20 Å². The lowest BCUT2D eigenvalue weighted by Gasteiger charge is -2.42. The first-order valence-electron chi connectivity index (χ1n) is 14.3. The summed E-state index contributed by atoms with van der Waals surface area (Å²) in [6.45, 7) is 11.3. The van der Waals surface area contributed by atoms with Gasteiger partial charge in [-0.25, -0.2) is 4.98 Å². The highest BCUT2D eigenvalue weighted by Crippen LogP contribution is 2.33. The van der Waals surface area contributed by atoms with E-state index in [2.05, 4.69) is 103 Å². The monoisotopic (exact) mass is 635 g/mol. The van der Waals surface area contributed by atoms with Crippen LogP contribution in [0.4, 0.5) is 29.0 Å². The number of para-hydroxylation sites is 1. The van der Waals surface area contributed by atoms with Crippen molar-refractivity contribution in [2.45, 2.75) is 18.9 Å². The Kier molecular flexibility index (Phi) is 8.45. The van der Waals surface area contributed by atoms with Crippen LogP contribution in [0.1, 0.15) is 12.8 Å². The zero-order chi connectivity index (χ0) is 28.5. The summed E-state index contributed by atoms with van der Waals surface area (Å²) in [7, 11) is 4.00. The summed E-state index contributed by atoms with van der Waals surface area (Å²) in [6, 6.07) is 15.5. The van der Waals surface area contributed by atoms with Crippen molar-refractivity contribution in [2.75, 3.05) is 75.2 Å². The molecule has 0 atom stereocenters. The van der Waals surface area contributed by atoms with Crippen LogP contribution >= 0.6 is 23.9 Å². The molecule has 4 heterocycles. The van der Waals surface area contributed by atoms with Crippen LogP contribution in [0.2, 0.25) is 0 Å². The molecule has 2 N–H and O–H groups in total. The Balaban J connectivity index is 1.16. The maximum absolute atomic E-state index is 4.95. The van der Waals surface area contributed by atoms with Gasteiger partial charge in [-0.05, 0) is 78.7 Å². The molecule has 0 amide bonds. The zero-order valence-electron chi connectivity index (χ0n) is 24.3. The third-order valence-corrected chi connectivity index (χ3v) is 10.2. The maximum Gasteiger partial charge on any atom is 0.229 e. The highest BCUT2D eigenvalue weighted by atomic mass is 79.9. The average molecular weight is 637 g/mol. The summed E-state index contributed by atoms with van der Waals surface area (Å²) in [5.41, 5.74) is 3.10. The Hall–Kier alpha value is -2.78. The third kappa shape index (κ3) is 6.21. The summed E-state index contributed by atoms with van der Waals surface area (Å²) >= 11 is 3.62. The number of fused-ring (bicyclic) bond motifs is 1. The Morgan fingerprint density at radius 3 is 2.44 bits per heavy atom. The molecule has 2 aromatic carbocycles. The predicted molar refractivity (Wildman–Crippen MR) is 176 cm³/mol. The minimum Gasteiger partial charge on any atom is -0.355 e. The summed E-state index contributed by atoms with van der Waals surface area (Å²) in [6.07, 6.45) is 4.18. The number of likely N-dealkylation sites (N-methyl/N-ethyl adjacent to an activating group) is 1. The molecule has 2 saturated heterocycles. The van der Waals surface area contributed by atoms with Gasteiger partial charge in [-0.3, -0.25) is 9.58 Å². The standard InChI is InChI=1S/C30H39BrN9P/c1-37-15-17-39(18-16-37)22-11-13-40(14-12-22)29-23-10-9-21(19-26(23)38(2)36-29)33-30-32-20-24(31)28(35-30)34-25-7-5-6-8-27(25)41(3)4/h5-10,19-20,22H,11-18H2,1-4H3,(H2,32,33,34,35). The minimum atomic E-state index is -0.252. The number of rotatable bonds is 7. The molecule has 2 fully saturated rings. The van der Waals surface area contributed by atoms with Gasteiger partial charge < -0.3 is 20.4 Å². The van der Waals surface area contributed by atoms with Crippen molar-refractivity contribution < 1.29 is 0 Å². The van der Waals surface area contributed by atoms with Crippen molar-refractivity contribution in [3.8, 4) is 0 Å². The molecule has 0 saturated carbocycles. The van der Waals surface area contributed by atoms with Gasteiger partial charge in [-0.2, -0.15) is 10.1 Å². The second kappa shape index (κ2) is 12.2. The van der Waals surface area contributed by atoms with E-state index in [-0.39, 0.29) is 7.92 Å². The molecule has 4 aromatic rings. The molecule has 6 rings (SSSR count). The maximum atomic E-state index is 4.95. The first-order chi connectivity index (χ1) is 19.9. The second-order valence-corrected chi connectivity index (χ2v) is 14.4. The number of nitrogens with zero attached hydrogens (tertiary/aromatic N) is 7. The molecule has 0 bridgehead atoms. The number of aromatic nitrogens is 4. The Morgan fingerprint density at radius 1 is 0.927 bits per heavy atom. The third-order valence-electron chi connectivity index (χ3n) is 8.29. The van der Waals surface area contributed by atoms with Gasteiger partial charge in [0.15, 0.2) is 5.82 Å². The van der Waals surface area contributed by atoms with E-state index in [0.717, 1.165) is 46.1 Å². The number of piperidine rings is 1. The average Bonchev–Trinajstić information content (AvgIpc) is 3.31. The van der Waals surface area contributed by atoms with Gasteiger partial charge >= 0.3 is 0 Å². The number of hydrogen-bond donors (Lipinski definition) is 2. The first kappa shape index (κ1) is 28.3. The van der Waals surface area contributed by atoms with Crippen LogP contribution in [0, 0.1) is 0 Å². The van der Waals surface area contributed by atoms with Crippen molar-refractivity contribution in [1.82, 2.24) is 29.5 Å². The van der Waals surface area contributed by atoms with Crippen LogP contribution in [-0.2, 0) is 7.05 Å². The molecule has 2 aromatic heterocycles. The van der Waals surface area contributed by atoms with Crippen LogP contribution in [-0.4, -0.2) is 95.2 Å². The molecule has 41 heavy (non-hydrogen) atoms.